The molecule has 150 valence electrons. The van der Waals surface area contributed by atoms with E-state index in [4.69, 9.17) is 0 Å². The number of nitriles is 1. The summed E-state index contributed by atoms with van der Waals surface area (Å²) < 4.78 is 0. The Morgan fingerprint density at radius 2 is 2.17 bits per heavy atom. The minimum absolute atomic E-state index is 0.0290. The van der Waals surface area contributed by atoms with Crippen molar-refractivity contribution in [3.8, 4) is 6.07 Å². The molecule has 1 aliphatic carbocycles. The van der Waals surface area contributed by atoms with Crippen LogP contribution in [0, 0.1) is 32.8 Å². The minimum atomic E-state index is -0.475. The van der Waals surface area contributed by atoms with E-state index in [1.165, 1.54) is 40.5 Å². The first-order valence-electron chi connectivity index (χ1n) is 9.47. The standard InChI is InChI=1S/C22H23N3O3S/c1-22(2,3)15-8-9-17-18(13-23)21(29-19(17)12-15)24-20(26)10-7-14-5-4-6-16(11-14)25(27)28/h4-7,10-11,15H,8-9,12H2,1-3H3,(H,24,26)/b10-7-. The summed E-state index contributed by atoms with van der Waals surface area (Å²) in [6, 6.07) is 8.32. The van der Waals surface area contributed by atoms with Crippen LogP contribution >= 0.6 is 11.3 Å². The van der Waals surface area contributed by atoms with Gasteiger partial charge in [0.25, 0.3) is 5.69 Å². The van der Waals surface area contributed by atoms with Crippen LogP contribution in [-0.2, 0) is 17.6 Å². The van der Waals surface area contributed by atoms with Crippen LogP contribution in [0.25, 0.3) is 6.08 Å². The Morgan fingerprint density at radius 1 is 1.41 bits per heavy atom. The third-order valence-corrected chi connectivity index (χ3v) is 6.52. The molecule has 1 aliphatic rings. The van der Waals surface area contributed by atoms with Crippen LogP contribution in [-0.4, -0.2) is 10.8 Å². The van der Waals surface area contributed by atoms with Crippen LogP contribution < -0.4 is 5.32 Å². The van der Waals surface area contributed by atoms with Gasteiger partial charge in [-0.3, -0.25) is 14.9 Å². The summed E-state index contributed by atoms with van der Waals surface area (Å²) in [5, 5.41) is 23.9. The van der Waals surface area contributed by atoms with Crippen molar-refractivity contribution >= 4 is 34.0 Å². The quantitative estimate of drug-likeness (QED) is 0.419. The number of fused-ring (bicyclic) bond motifs is 1. The van der Waals surface area contributed by atoms with E-state index in [0.29, 0.717) is 22.0 Å². The first-order valence-corrected chi connectivity index (χ1v) is 10.3. The van der Waals surface area contributed by atoms with Gasteiger partial charge in [-0.15, -0.1) is 11.3 Å². The predicted octanol–water partition coefficient (Wildman–Crippen LogP) is 5.33. The van der Waals surface area contributed by atoms with Gasteiger partial charge in [-0.2, -0.15) is 5.26 Å². The number of hydrogen-bond donors (Lipinski definition) is 1. The molecule has 0 radical (unpaired) electrons. The SMILES string of the molecule is CC(C)(C)C1CCc2c(sc(NC(=O)/C=C\c3cccc([N+](=O)[O-])c3)c2C#N)C1. The smallest absolute Gasteiger partial charge is 0.270 e. The van der Waals surface area contributed by atoms with E-state index in [-0.39, 0.29) is 17.0 Å². The number of non-ortho nitro benzene ring substituents is 1. The number of rotatable bonds is 4. The zero-order valence-electron chi connectivity index (χ0n) is 16.7. The maximum Gasteiger partial charge on any atom is 0.270 e. The molecule has 1 unspecified atom stereocenters. The largest absolute Gasteiger partial charge is 0.313 e. The number of thiophene rings is 1. The molecule has 1 aromatic heterocycles. The highest BCUT2D eigenvalue weighted by Crippen LogP contribution is 2.43. The van der Waals surface area contributed by atoms with Crippen LogP contribution in [0.2, 0.25) is 0 Å². The summed E-state index contributed by atoms with van der Waals surface area (Å²) in [4.78, 5) is 23.9. The second-order valence-corrected chi connectivity index (χ2v) is 9.41. The van der Waals surface area contributed by atoms with Crippen LogP contribution in [0.5, 0.6) is 0 Å². The molecule has 0 saturated carbocycles. The van der Waals surface area contributed by atoms with Crippen molar-refractivity contribution in [2.45, 2.75) is 40.0 Å². The van der Waals surface area contributed by atoms with Crippen LogP contribution in [0.15, 0.2) is 30.3 Å². The van der Waals surface area contributed by atoms with E-state index in [1.807, 2.05) is 0 Å². The number of hydrogen-bond acceptors (Lipinski definition) is 5. The van der Waals surface area contributed by atoms with Crippen molar-refractivity contribution < 1.29 is 9.72 Å². The molecule has 6 nitrogen and oxygen atoms in total. The van der Waals surface area contributed by atoms with E-state index < -0.39 is 4.92 Å². The van der Waals surface area contributed by atoms with Crippen LogP contribution in [0.1, 0.15) is 48.8 Å². The van der Waals surface area contributed by atoms with Crippen LogP contribution in [0.4, 0.5) is 10.7 Å². The zero-order chi connectivity index (χ0) is 21.2. The van der Waals surface area contributed by atoms with Gasteiger partial charge in [0, 0.05) is 23.1 Å². The predicted molar refractivity (Wildman–Crippen MR) is 115 cm³/mol. The van der Waals surface area contributed by atoms with Crippen molar-refractivity contribution in [1.29, 1.82) is 5.26 Å². The zero-order valence-corrected chi connectivity index (χ0v) is 17.5. The van der Waals surface area contributed by atoms with Crippen molar-refractivity contribution in [3.63, 3.8) is 0 Å². The molecule has 1 heterocycles. The van der Waals surface area contributed by atoms with Crippen molar-refractivity contribution in [1.82, 2.24) is 0 Å². The van der Waals surface area contributed by atoms with Gasteiger partial charge in [-0.05, 0) is 47.8 Å². The molecular formula is C22H23N3O3S. The van der Waals surface area contributed by atoms with Gasteiger partial charge >= 0.3 is 0 Å². The number of anilines is 1. The molecule has 2 aromatic rings. The van der Waals surface area contributed by atoms with Gasteiger partial charge in [0.2, 0.25) is 5.91 Å². The molecule has 3 rings (SSSR count). The topological polar surface area (TPSA) is 96.0 Å². The second kappa shape index (κ2) is 8.18. The molecular weight excluding hydrogens is 386 g/mol. The molecule has 1 atom stereocenters. The highest BCUT2D eigenvalue weighted by atomic mass is 32.1. The van der Waals surface area contributed by atoms with Crippen LogP contribution in [0.3, 0.4) is 0 Å². The lowest BCUT2D eigenvalue weighted by Gasteiger charge is -2.33. The number of nitro benzene ring substituents is 1. The first kappa shape index (κ1) is 20.7. The normalized spacial score (nSPS) is 16.3. The minimum Gasteiger partial charge on any atom is -0.313 e. The highest BCUT2D eigenvalue weighted by Gasteiger charge is 2.32. The van der Waals surface area contributed by atoms with Gasteiger partial charge in [0.1, 0.15) is 11.1 Å². The number of benzene rings is 1. The lowest BCUT2D eigenvalue weighted by Crippen LogP contribution is -2.26. The summed E-state index contributed by atoms with van der Waals surface area (Å²) in [7, 11) is 0. The van der Waals surface area contributed by atoms with Gasteiger partial charge < -0.3 is 5.32 Å². The second-order valence-electron chi connectivity index (χ2n) is 8.30. The van der Waals surface area contributed by atoms with Gasteiger partial charge in [0.05, 0.1) is 10.5 Å². The summed E-state index contributed by atoms with van der Waals surface area (Å²) in [5.74, 6) is 0.191. The van der Waals surface area contributed by atoms with Gasteiger partial charge in [-0.25, -0.2) is 0 Å². The lowest BCUT2D eigenvalue weighted by atomic mass is 9.72. The van der Waals surface area contributed by atoms with E-state index in [2.05, 4.69) is 32.2 Å². The monoisotopic (exact) mass is 409 g/mol. The Morgan fingerprint density at radius 3 is 2.83 bits per heavy atom. The molecule has 29 heavy (non-hydrogen) atoms. The van der Waals surface area contributed by atoms with Crippen molar-refractivity contribution in [3.05, 3.63) is 62.0 Å². The molecule has 0 bridgehead atoms. The maximum absolute atomic E-state index is 12.4. The Kier molecular flexibility index (Phi) is 5.85. The van der Waals surface area contributed by atoms with Crippen molar-refractivity contribution in [2.24, 2.45) is 11.3 Å². The third-order valence-electron chi connectivity index (χ3n) is 5.35. The van der Waals surface area contributed by atoms with E-state index in [0.717, 1.165) is 24.8 Å². The molecule has 0 spiro atoms. The maximum atomic E-state index is 12.4. The Bertz CT molecular complexity index is 1020. The Balaban J connectivity index is 1.76. The number of carbonyl (C=O) groups excluding carboxylic acids is 1. The molecule has 1 aromatic carbocycles. The molecule has 1 amide bonds. The molecule has 0 fully saturated rings. The Labute approximate surface area is 174 Å². The summed E-state index contributed by atoms with van der Waals surface area (Å²) in [5.41, 5.74) is 2.37. The number of nitrogens with zero attached hydrogens (tertiary/aromatic N) is 2. The van der Waals surface area contributed by atoms with Gasteiger partial charge in [0.15, 0.2) is 0 Å². The third kappa shape index (κ3) is 4.72. The number of amides is 1. The highest BCUT2D eigenvalue weighted by molar-refractivity contribution is 7.16. The molecule has 1 N–H and O–H groups in total. The number of nitrogens with one attached hydrogen (secondary N) is 1. The first-order chi connectivity index (χ1) is 13.7. The summed E-state index contributed by atoms with van der Waals surface area (Å²) >= 11 is 1.49. The number of nitro groups is 1. The van der Waals surface area contributed by atoms with E-state index >= 15 is 0 Å². The van der Waals surface area contributed by atoms with E-state index in [1.54, 1.807) is 12.1 Å². The van der Waals surface area contributed by atoms with E-state index in [9.17, 15) is 20.2 Å². The molecule has 7 heteroatoms. The fourth-order valence-corrected chi connectivity index (χ4v) is 4.88. The Hall–Kier alpha value is -2.98. The van der Waals surface area contributed by atoms with Crippen molar-refractivity contribution in [2.75, 3.05) is 5.32 Å². The fraction of sp³-hybridized carbons (Fsp3) is 0.364. The lowest BCUT2D eigenvalue weighted by molar-refractivity contribution is -0.384. The average Bonchev–Trinajstić information content (AvgIpc) is 3.01. The summed E-state index contributed by atoms with van der Waals surface area (Å²) in [6.07, 6.45) is 5.68. The average molecular weight is 410 g/mol. The molecule has 0 saturated heterocycles. The van der Waals surface area contributed by atoms with Gasteiger partial charge in [-0.1, -0.05) is 32.9 Å². The molecule has 0 aliphatic heterocycles. The fourth-order valence-electron chi connectivity index (χ4n) is 3.60. The summed E-state index contributed by atoms with van der Waals surface area (Å²) in [6.45, 7) is 6.72. The number of carbonyl (C=O) groups is 1.